The van der Waals surface area contributed by atoms with Gasteiger partial charge in [-0.1, -0.05) is 24.3 Å². The Hall–Kier alpha value is -1.05. The molecule has 0 saturated carbocycles. The molecule has 0 aliphatic carbocycles. The summed E-state index contributed by atoms with van der Waals surface area (Å²) in [5.41, 5.74) is -0.961. The van der Waals surface area contributed by atoms with Gasteiger partial charge in [-0.2, -0.15) is 13.2 Å². The number of alkyl halides is 3. The maximum absolute atomic E-state index is 12.5. The molecule has 0 amide bonds. The van der Waals surface area contributed by atoms with Crippen LogP contribution in [0.2, 0.25) is 0 Å². The van der Waals surface area contributed by atoms with Gasteiger partial charge in [-0.05, 0) is 5.46 Å². The van der Waals surface area contributed by atoms with Gasteiger partial charge in [0.25, 0.3) is 0 Å². The fraction of sp³-hybridized carbons (Fsp3) is 0.250. The van der Waals surface area contributed by atoms with E-state index in [4.69, 9.17) is 5.90 Å². The Morgan fingerprint density at radius 1 is 1.27 bits per heavy atom. The minimum absolute atomic E-state index is 0.144. The Balaban J connectivity index is 3.17. The summed E-state index contributed by atoms with van der Waals surface area (Å²) in [6.07, 6.45) is -4.45. The van der Waals surface area contributed by atoms with E-state index in [1.54, 1.807) is 0 Å². The molecule has 0 atom stereocenters. The van der Waals surface area contributed by atoms with Gasteiger partial charge in [0.05, 0.1) is 5.56 Å². The van der Waals surface area contributed by atoms with Gasteiger partial charge in [-0.15, -0.1) is 0 Å². The van der Waals surface area contributed by atoms with Crippen molar-refractivity contribution in [3.05, 3.63) is 29.8 Å². The third-order valence-corrected chi connectivity index (χ3v) is 1.86. The summed E-state index contributed by atoms with van der Waals surface area (Å²) in [5.74, 6) is 4.84. The van der Waals surface area contributed by atoms with E-state index in [2.05, 4.69) is 9.41 Å². The zero-order chi connectivity index (χ0) is 11.5. The largest absolute Gasteiger partial charge is 0.511 e. The first kappa shape index (κ1) is 12.0. The van der Waals surface area contributed by atoms with E-state index in [1.165, 1.54) is 25.3 Å². The highest BCUT2D eigenvalue weighted by molar-refractivity contribution is 6.61. The molecule has 0 bridgehead atoms. The van der Waals surface area contributed by atoms with Gasteiger partial charge in [-0.3, -0.25) is 0 Å². The van der Waals surface area contributed by atoms with Crippen LogP contribution >= 0.6 is 0 Å². The molecule has 7 heteroatoms. The molecule has 1 rings (SSSR count). The Morgan fingerprint density at radius 3 is 2.33 bits per heavy atom. The standard InChI is InChI=1S/C8H9BF3NO2/c1-14-9(15-13)7-5-3-2-4-6(7)8(10,11)12/h2-5H,13H2,1H3. The lowest BCUT2D eigenvalue weighted by molar-refractivity contribution is -0.136. The number of benzene rings is 1. The van der Waals surface area contributed by atoms with E-state index in [1.807, 2.05) is 0 Å². The van der Waals surface area contributed by atoms with Crippen molar-refractivity contribution >= 4 is 12.6 Å². The first-order valence-electron chi connectivity index (χ1n) is 4.05. The van der Waals surface area contributed by atoms with Crippen LogP contribution in [-0.4, -0.2) is 14.2 Å². The Bertz CT molecular complexity index is 328. The monoisotopic (exact) mass is 219 g/mol. The van der Waals surface area contributed by atoms with Crippen molar-refractivity contribution in [3.8, 4) is 0 Å². The summed E-state index contributed by atoms with van der Waals surface area (Å²) < 4.78 is 46.6. The molecular formula is C8H9BF3NO2. The quantitative estimate of drug-likeness (QED) is 0.607. The molecule has 0 aromatic heterocycles. The van der Waals surface area contributed by atoms with E-state index in [0.29, 0.717) is 0 Å². The molecule has 0 heterocycles. The van der Waals surface area contributed by atoms with Crippen LogP contribution in [0.1, 0.15) is 5.56 Å². The molecule has 0 aliphatic rings. The Labute approximate surface area is 85.1 Å². The van der Waals surface area contributed by atoms with Crippen molar-refractivity contribution in [1.29, 1.82) is 0 Å². The topological polar surface area (TPSA) is 44.5 Å². The lowest BCUT2D eigenvalue weighted by Gasteiger charge is -2.15. The summed E-state index contributed by atoms with van der Waals surface area (Å²) in [7, 11) is -0.00663. The van der Waals surface area contributed by atoms with Crippen LogP contribution in [0.3, 0.4) is 0 Å². The number of rotatable bonds is 3. The van der Waals surface area contributed by atoms with E-state index >= 15 is 0 Å². The zero-order valence-corrected chi connectivity index (χ0v) is 7.91. The van der Waals surface area contributed by atoms with Crippen LogP contribution in [-0.2, 0) is 15.6 Å². The minimum Gasteiger partial charge on any atom is -0.409 e. The number of hydrogen-bond acceptors (Lipinski definition) is 3. The average Bonchev–Trinajstić information content (AvgIpc) is 2.19. The molecule has 0 aliphatic heterocycles. The van der Waals surface area contributed by atoms with Crippen LogP contribution in [0.4, 0.5) is 13.2 Å². The second kappa shape index (κ2) is 4.65. The van der Waals surface area contributed by atoms with Crippen molar-refractivity contribution in [1.82, 2.24) is 0 Å². The van der Waals surface area contributed by atoms with Gasteiger partial charge < -0.3 is 9.41 Å². The van der Waals surface area contributed by atoms with Gasteiger partial charge >= 0.3 is 13.3 Å². The van der Waals surface area contributed by atoms with E-state index < -0.39 is 18.9 Å². The predicted octanol–water partition coefficient (Wildman–Crippen LogP) is 0.937. The minimum atomic E-state index is -4.45. The third-order valence-electron chi connectivity index (χ3n) is 1.86. The second-order valence-electron chi connectivity index (χ2n) is 2.79. The SMILES string of the molecule is COB(ON)c1ccccc1C(F)(F)F. The Morgan fingerprint density at radius 2 is 1.87 bits per heavy atom. The van der Waals surface area contributed by atoms with E-state index in [-0.39, 0.29) is 5.46 Å². The molecule has 0 saturated heterocycles. The molecule has 0 radical (unpaired) electrons. The second-order valence-corrected chi connectivity index (χ2v) is 2.79. The highest BCUT2D eigenvalue weighted by Gasteiger charge is 2.37. The van der Waals surface area contributed by atoms with Gasteiger partial charge in [0.2, 0.25) is 0 Å². The molecule has 1 aromatic carbocycles. The number of nitrogens with two attached hydrogens (primary N) is 1. The summed E-state index contributed by atoms with van der Waals surface area (Å²) in [5, 5.41) is 0. The molecular weight excluding hydrogens is 210 g/mol. The van der Waals surface area contributed by atoms with Crippen LogP contribution in [0.15, 0.2) is 24.3 Å². The predicted molar refractivity (Wildman–Crippen MR) is 49.1 cm³/mol. The third kappa shape index (κ3) is 2.71. The summed E-state index contributed by atoms with van der Waals surface area (Å²) in [6.45, 7) is 0. The first-order valence-corrected chi connectivity index (χ1v) is 4.05. The molecule has 15 heavy (non-hydrogen) atoms. The normalized spacial score (nSPS) is 11.5. The van der Waals surface area contributed by atoms with Crippen molar-refractivity contribution < 1.29 is 22.6 Å². The van der Waals surface area contributed by atoms with E-state index in [9.17, 15) is 13.2 Å². The van der Waals surface area contributed by atoms with Crippen molar-refractivity contribution in [3.63, 3.8) is 0 Å². The van der Waals surface area contributed by atoms with Crippen molar-refractivity contribution in [2.45, 2.75) is 6.18 Å². The highest BCUT2D eigenvalue weighted by atomic mass is 19.4. The first-order chi connectivity index (χ1) is 7.00. The average molecular weight is 219 g/mol. The van der Waals surface area contributed by atoms with Crippen LogP contribution in [0.25, 0.3) is 0 Å². The fourth-order valence-electron chi connectivity index (χ4n) is 1.22. The molecule has 2 N–H and O–H groups in total. The van der Waals surface area contributed by atoms with Crippen LogP contribution < -0.4 is 11.4 Å². The maximum Gasteiger partial charge on any atom is 0.511 e. The molecule has 0 unspecified atom stereocenters. The Kier molecular flexibility index (Phi) is 3.73. The smallest absolute Gasteiger partial charge is 0.409 e. The molecule has 1 aromatic rings. The molecule has 3 nitrogen and oxygen atoms in total. The highest BCUT2D eigenvalue weighted by Crippen LogP contribution is 2.27. The summed E-state index contributed by atoms with van der Waals surface area (Å²) >= 11 is 0. The molecule has 0 fully saturated rings. The number of halogens is 3. The lowest BCUT2D eigenvalue weighted by atomic mass is 9.76. The summed E-state index contributed by atoms with van der Waals surface area (Å²) in [6, 6.07) is 4.94. The lowest BCUT2D eigenvalue weighted by Crippen LogP contribution is -2.42. The van der Waals surface area contributed by atoms with Gasteiger partial charge in [0, 0.05) is 7.11 Å². The van der Waals surface area contributed by atoms with Crippen LogP contribution in [0.5, 0.6) is 0 Å². The van der Waals surface area contributed by atoms with Crippen molar-refractivity contribution in [2.24, 2.45) is 5.90 Å². The fourth-order valence-corrected chi connectivity index (χ4v) is 1.22. The maximum atomic E-state index is 12.5. The van der Waals surface area contributed by atoms with Gasteiger partial charge in [-0.25, -0.2) is 5.90 Å². The van der Waals surface area contributed by atoms with Gasteiger partial charge in [0.15, 0.2) is 0 Å². The summed E-state index contributed by atoms with van der Waals surface area (Å²) in [4.78, 5) is 0. The van der Waals surface area contributed by atoms with Crippen molar-refractivity contribution in [2.75, 3.05) is 7.11 Å². The molecule has 82 valence electrons. The molecule has 0 spiro atoms. The van der Waals surface area contributed by atoms with E-state index in [0.717, 1.165) is 6.07 Å². The van der Waals surface area contributed by atoms with Crippen LogP contribution in [0, 0.1) is 0 Å². The zero-order valence-electron chi connectivity index (χ0n) is 7.91. The van der Waals surface area contributed by atoms with Gasteiger partial charge in [0.1, 0.15) is 0 Å². The number of hydrogen-bond donors (Lipinski definition) is 1.